The lowest BCUT2D eigenvalue weighted by Gasteiger charge is -2.23. The monoisotopic (exact) mass is 255 g/mol. The van der Waals surface area contributed by atoms with Crippen molar-refractivity contribution in [2.45, 2.75) is 64.3 Å². The molecule has 1 heterocycles. The van der Waals surface area contributed by atoms with E-state index in [2.05, 4.69) is 25.9 Å². The first kappa shape index (κ1) is 12.7. The van der Waals surface area contributed by atoms with Crippen molar-refractivity contribution in [2.24, 2.45) is 0 Å². The summed E-state index contributed by atoms with van der Waals surface area (Å²) in [6, 6.07) is 0.442. The van der Waals surface area contributed by atoms with Gasteiger partial charge in [0.2, 0.25) is 0 Å². The van der Waals surface area contributed by atoms with Gasteiger partial charge in [-0.1, -0.05) is 51.6 Å². The minimum Gasteiger partial charge on any atom is -0.383 e. The zero-order chi connectivity index (χ0) is 12.6. The summed E-state index contributed by atoms with van der Waals surface area (Å²) in [5, 5.41) is 5.31. The molecule has 1 saturated carbocycles. The lowest BCUT2D eigenvalue weighted by Crippen LogP contribution is -2.18. The molecule has 0 unspecified atom stereocenters. The Hall–Kier alpha value is -0.700. The van der Waals surface area contributed by atoms with Crippen LogP contribution < -0.4 is 5.73 Å². The summed E-state index contributed by atoms with van der Waals surface area (Å²) in [4.78, 5) is 0. The smallest absolute Gasteiger partial charge is 0.141 e. The van der Waals surface area contributed by atoms with Crippen LogP contribution in [0.25, 0.3) is 0 Å². The maximum absolute atomic E-state index is 6.31. The van der Waals surface area contributed by atoms with Gasteiger partial charge in [0.15, 0.2) is 0 Å². The van der Waals surface area contributed by atoms with Crippen molar-refractivity contribution >= 4 is 17.4 Å². The highest BCUT2D eigenvalue weighted by Gasteiger charge is 2.27. The summed E-state index contributed by atoms with van der Waals surface area (Å²) >= 11 is 6.31. The molecule has 0 amide bonds. The molecule has 2 rings (SSSR count). The quantitative estimate of drug-likeness (QED) is 0.827. The first-order valence-corrected chi connectivity index (χ1v) is 6.83. The van der Waals surface area contributed by atoms with Crippen LogP contribution in [0.4, 0.5) is 5.82 Å². The molecule has 3 nitrogen and oxygen atoms in total. The van der Waals surface area contributed by atoms with Crippen molar-refractivity contribution in [2.75, 3.05) is 5.73 Å². The molecule has 0 atom stereocenters. The predicted octanol–water partition coefficient (Wildman–Crippen LogP) is 3.92. The highest BCUT2D eigenvalue weighted by Crippen LogP contribution is 2.37. The number of anilines is 1. The Morgan fingerprint density at radius 1 is 1.24 bits per heavy atom. The van der Waals surface area contributed by atoms with E-state index in [4.69, 9.17) is 17.3 Å². The normalized spacial score (nSPS) is 18.6. The second kappa shape index (κ2) is 4.52. The molecule has 0 bridgehead atoms. The van der Waals surface area contributed by atoms with Gasteiger partial charge < -0.3 is 5.73 Å². The molecule has 0 saturated heterocycles. The van der Waals surface area contributed by atoms with Crippen molar-refractivity contribution in [1.29, 1.82) is 0 Å². The SMILES string of the molecule is CC(C)(C)c1nn(C2CCCCC2)c(N)c1Cl. The minimum atomic E-state index is -0.0505. The van der Waals surface area contributed by atoms with Gasteiger partial charge in [-0.15, -0.1) is 0 Å². The maximum atomic E-state index is 6.31. The summed E-state index contributed by atoms with van der Waals surface area (Å²) in [5.41, 5.74) is 6.97. The Kier molecular flexibility index (Phi) is 3.39. The van der Waals surface area contributed by atoms with E-state index in [9.17, 15) is 0 Å². The van der Waals surface area contributed by atoms with Crippen LogP contribution in [0.2, 0.25) is 5.02 Å². The topological polar surface area (TPSA) is 43.8 Å². The average molecular weight is 256 g/mol. The van der Waals surface area contributed by atoms with E-state index < -0.39 is 0 Å². The van der Waals surface area contributed by atoms with Gasteiger partial charge in [0.25, 0.3) is 0 Å². The largest absolute Gasteiger partial charge is 0.383 e. The molecule has 0 radical (unpaired) electrons. The third kappa shape index (κ3) is 2.44. The molecule has 1 aromatic rings. The van der Waals surface area contributed by atoms with Crippen LogP contribution in [0, 0.1) is 0 Å². The number of hydrogen-bond donors (Lipinski definition) is 1. The summed E-state index contributed by atoms with van der Waals surface area (Å²) in [6.45, 7) is 6.35. The third-order valence-electron chi connectivity index (χ3n) is 3.52. The van der Waals surface area contributed by atoms with E-state index in [1.165, 1.54) is 32.1 Å². The Labute approximate surface area is 108 Å². The Morgan fingerprint density at radius 3 is 2.29 bits per heavy atom. The van der Waals surface area contributed by atoms with Crippen molar-refractivity contribution in [3.05, 3.63) is 10.7 Å². The highest BCUT2D eigenvalue weighted by atomic mass is 35.5. The summed E-state index contributed by atoms with van der Waals surface area (Å²) < 4.78 is 1.96. The molecule has 4 heteroatoms. The summed E-state index contributed by atoms with van der Waals surface area (Å²) in [5.74, 6) is 0.642. The van der Waals surface area contributed by atoms with Gasteiger partial charge in [0, 0.05) is 5.41 Å². The number of nitrogens with two attached hydrogens (primary N) is 1. The molecule has 17 heavy (non-hydrogen) atoms. The number of nitrogens with zero attached hydrogens (tertiary/aromatic N) is 2. The van der Waals surface area contributed by atoms with Gasteiger partial charge in [-0.25, -0.2) is 4.68 Å². The molecule has 1 aliphatic carbocycles. The fourth-order valence-electron chi connectivity index (χ4n) is 2.51. The van der Waals surface area contributed by atoms with Crippen LogP contribution >= 0.6 is 11.6 Å². The lowest BCUT2D eigenvalue weighted by molar-refractivity contribution is 0.329. The number of halogens is 1. The Balaban J connectivity index is 2.35. The van der Waals surface area contributed by atoms with Crippen molar-refractivity contribution in [3.8, 4) is 0 Å². The number of nitrogen functional groups attached to an aromatic ring is 1. The fraction of sp³-hybridized carbons (Fsp3) is 0.769. The zero-order valence-electron chi connectivity index (χ0n) is 11.0. The van der Waals surface area contributed by atoms with E-state index in [1.54, 1.807) is 0 Å². The Bertz CT molecular complexity index is 398. The van der Waals surface area contributed by atoms with Gasteiger partial charge in [-0.05, 0) is 12.8 Å². The maximum Gasteiger partial charge on any atom is 0.141 e. The second-order valence-electron chi connectivity index (χ2n) is 6.03. The average Bonchev–Trinajstić information content (AvgIpc) is 2.57. The molecule has 1 aliphatic rings. The van der Waals surface area contributed by atoms with Crippen molar-refractivity contribution < 1.29 is 0 Å². The van der Waals surface area contributed by atoms with Crippen LogP contribution in [0.1, 0.15) is 64.6 Å². The molecule has 1 aromatic heterocycles. The van der Waals surface area contributed by atoms with Crippen LogP contribution in [-0.4, -0.2) is 9.78 Å². The van der Waals surface area contributed by atoms with Crippen molar-refractivity contribution in [1.82, 2.24) is 9.78 Å². The van der Waals surface area contributed by atoms with Gasteiger partial charge >= 0.3 is 0 Å². The van der Waals surface area contributed by atoms with Crippen LogP contribution in [0.3, 0.4) is 0 Å². The van der Waals surface area contributed by atoms with E-state index in [1.807, 2.05) is 4.68 Å². The fourth-order valence-corrected chi connectivity index (χ4v) is 2.92. The number of hydrogen-bond acceptors (Lipinski definition) is 2. The van der Waals surface area contributed by atoms with Gasteiger partial charge in [-0.2, -0.15) is 5.10 Å². The van der Waals surface area contributed by atoms with Crippen LogP contribution in [-0.2, 0) is 5.41 Å². The molecule has 96 valence electrons. The lowest BCUT2D eigenvalue weighted by atomic mass is 9.92. The van der Waals surface area contributed by atoms with E-state index in [0.717, 1.165) is 5.69 Å². The second-order valence-corrected chi connectivity index (χ2v) is 6.41. The number of rotatable bonds is 1. The highest BCUT2D eigenvalue weighted by molar-refractivity contribution is 6.33. The molecule has 0 aromatic carbocycles. The zero-order valence-corrected chi connectivity index (χ0v) is 11.7. The summed E-state index contributed by atoms with van der Waals surface area (Å²) in [7, 11) is 0. The van der Waals surface area contributed by atoms with Gasteiger partial charge in [-0.3, -0.25) is 0 Å². The number of aromatic nitrogens is 2. The van der Waals surface area contributed by atoms with Gasteiger partial charge in [0.05, 0.1) is 11.7 Å². The standard InChI is InChI=1S/C13H22ClN3/c1-13(2,3)11-10(14)12(15)17(16-11)9-7-5-4-6-8-9/h9H,4-8,15H2,1-3H3. The van der Waals surface area contributed by atoms with E-state index >= 15 is 0 Å². The Morgan fingerprint density at radius 2 is 1.82 bits per heavy atom. The van der Waals surface area contributed by atoms with Crippen LogP contribution in [0.15, 0.2) is 0 Å². The predicted molar refractivity (Wildman–Crippen MR) is 72.5 cm³/mol. The van der Waals surface area contributed by atoms with E-state index in [0.29, 0.717) is 16.9 Å². The first-order valence-electron chi connectivity index (χ1n) is 6.45. The molecular formula is C13H22ClN3. The molecular weight excluding hydrogens is 234 g/mol. The molecule has 0 aliphatic heterocycles. The third-order valence-corrected chi connectivity index (χ3v) is 3.89. The van der Waals surface area contributed by atoms with Crippen molar-refractivity contribution in [3.63, 3.8) is 0 Å². The molecule has 2 N–H and O–H groups in total. The van der Waals surface area contributed by atoms with Gasteiger partial charge in [0.1, 0.15) is 10.8 Å². The minimum absolute atomic E-state index is 0.0505. The van der Waals surface area contributed by atoms with E-state index in [-0.39, 0.29) is 5.41 Å². The molecule has 0 spiro atoms. The molecule has 1 fully saturated rings. The first-order chi connectivity index (χ1) is 7.91. The van der Waals surface area contributed by atoms with Crippen LogP contribution in [0.5, 0.6) is 0 Å². The summed E-state index contributed by atoms with van der Waals surface area (Å²) in [6.07, 6.45) is 6.22.